The fourth-order valence-corrected chi connectivity index (χ4v) is 4.00. The molecule has 3 rings (SSSR count). The van der Waals surface area contributed by atoms with Gasteiger partial charge in [0.05, 0.1) is 12.8 Å². The van der Waals surface area contributed by atoms with E-state index in [-0.39, 0.29) is 11.9 Å². The topological polar surface area (TPSA) is 67.6 Å². The van der Waals surface area contributed by atoms with E-state index in [0.29, 0.717) is 18.3 Å². The molecule has 2 fully saturated rings. The van der Waals surface area contributed by atoms with Crippen molar-refractivity contribution in [3.8, 4) is 5.75 Å². The second-order valence-corrected chi connectivity index (χ2v) is 7.14. The molecule has 3 N–H and O–H groups in total. The first kappa shape index (κ1) is 17.1. The molecule has 0 spiro atoms. The normalized spacial score (nSPS) is 26.6. The van der Waals surface area contributed by atoms with Gasteiger partial charge < -0.3 is 20.7 Å². The zero-order valence-electron chi connectivity index (χ0n) is 14.5. The summed E-state index contributed by atoms with van der Waals surface area (Å²) in [6, 6.07) is 8.33. The molecule has 3 atom stereocenters. The molecule has 1 aliphatic carbocycles. The quantitative estimate of drug-likeness (QED) is 0.838. The van der Waals surface area contributed by atoms with Crippen LogP contribution < -0.4 is 20.7 Å². The van der Waals surface area contributed by atoms with Crippen molar-refractivity contribution in [3.05, 3.63) is 24.3 Å². The van der Waals surface area contributed by atoms with Crippen LogP contribution in [0.15, 0.2) is 24.3 Å². The average molecular weight is 331 g/mol. The van der Waals surface area contributed by atoms with Gasteiger partial charge in [-0.05, 0) is 43.2 Å². The number of amides is 1. The third kappa shape index (κ3) is 4.01. The average Bonchev–Trinajstić information content (AvgIpc) is 3.22. The van der Waals surface area contributed by atoms with Crippen molar-refractivity contribution >= 4 is 11.6 Å². The molecule has 5 heteroatoms. The lowest BCUT2D eigenvalue weighted by atomic mass is 9.99. The molecular formula is C19H29N3O2. The monoisotopic (exact) mass is 331 g/mol. The minimum atomic E-state index is 0.160. The van der Waals surface area contributed by atoms with Crippen LogP contribution in [-0.4, -0.2) is 38.7 Å². The van der Waals surface area contributed by atoms with Gasteiger partial charge in [-0.15, -0.1) is 0 Å². The van der Waals surface area contributed by atoms with Gasteiger partial charge in [0.15, 0.2) is 0 Å². The first-order valence-electron chi connectivity index (χ1n) is 9.07. The van der Waals surface area contributed by atoms with Crippen LogP contribution in [0.3, 0.4) is 0 Å². The fraction of sp³-hybridized carbons (Fsp3) is 0.632. The van der Waals surface area contributed by atoms with Gasteiger partial charge in [0.1, 0.15) is 5.75 Å². The number of carbonyl (C=O) groups is 1. The summed E-state index contributed by atoms with van der Waals surface area (Å²) in [4.78, 5) is 14.5. The molecule has 1 amide bonds. The molecule has 1 aliphatic heterocycles. The summed E-state index contributed by atoms with van der Waals surface area (Å²) in [5.41, 5.74) is 7.20. The van der Waals surface area contributed by atoms with Gasteiger partial charge in [0, 0.05) is 32.1 Å². The van der Waals surface area contributed by atoms with Crippen LogP contribution in [0.1, 0.15) is 32.1 Å². The fourth-order valence-electron chi connectivity index (χ4n) is 4.00. The van der Waals surface area contributed by atoms with E-state index >= 15 is 0 Å². The van der Waals surface area contributed by atoms with E-state index in [1.54, 1.807) is 7.11 Å². The van der Waals surface area contributed by atoms with E-state index in [4.69, 9.17) is 10.5 Å². The Hall–Kier alpha value is -1.75. The first-order chi connectivity index (χ1) is 11.7. The highest BCUT2D eigenvalue weighted by Gasteiger charge is 2.28. The summed E-state index contributed by atoms with van der Waals surface area (Å²) in [6.45, 7) is 2.73. The van der Waals surface area contributed by atoms with Crippen molar-refractivity contribution in [2.45, 2.75) is 38.1 Å². The molecule has 5 nitrogen and oxygen atoms in total. The largest absolute Gasteiger partial charge is 0.495 e. The van der Waals surface area contributed by atoms with E-state index < -0.39 is 0 Å². The second-order valence-electron chi connectivity index (χ2n) is 7.14. The number of nitrogens with one attached hydrogen (secondary N) is 1. The Labute approximate surface area is 144 Å². The molecule has 1 saturated carbocycles. The molecule has 132 valence electrons. The van der Waals surface area contributed by atoms with Crippen LogP contribution in [0.2, 0.25) is 0 Å². The number of nitrogens with zero attached hydrogens (tertiary/aromatic N) is 1. The predicted octanol–water partition coefficient (Wildman–Crippen LogP) is 2.16. The molecule has 1 aromatic rings. The SMILES string of the molecule is COc1ccccc1N1CCC(CNC(=O)C[C@@H]2CCC[C@H]2N)C1. The Kier molecular flexibility index (Phi) is 5.61. The standard InChI is InChI=1S/C19H29N3O2/c1-24-18-8-3-2-7-17(18)22-10-9-14(13-22)12-21-19(23)11-15-5-4-6-16(15)20/h2-3,7-8,14-16H,4-6,9-13,20H2,1H3,(H,21,23)/t14?,15-,16+/m0/s1. The van der Waals surface area contributed by atoms with Crippen LogP contribution in [0.4, 0.5) is 5.69 Å². The zero-order valence-corrected chi connectivity index (χ0v) is 14.5. The summed E-state index contributed by atoms with van der Waals surface area (Å²) in [5.74, 6) is 1.94. The van der Waals surface area contributed by atoms with Gasteiger partial charge in [-0.2, -0.15) is 0 Å². The van der Waals surface area contributed by atoms with Crippen molar-refractivity contribution in [2.24, 2.45) is 17.6 Å². The smallest absolute Gasteiger partial charge is 0.220 e. The molecule has 1 heterocycles. The van der Waals surface area contributed by atoms with Crippen LogP contribution >= 0.6 is 0 Å². The van der Waals surface area contributed by atoms with Gasteiger partial charge in [-0.1, -0.05) is 18.6 Å². The van der Waals surface area contributed by atoms with Gasteiger partial charge >= 0.3 is 0 Å². The Morgan fingerprint density at radius 2 is 2.17 bits per heavy atom. The predicted molar refractivity (Wildman–Crippen MR) is 96.3 cm³/mol. The highest BCUT2D eigenvalue weighted by atomic mass is 16.5. The van der Waals surface area contributed by atoms with Crippen molar-refractivity contribution in [3.63, 3.8) is 0 Å². The lowest BCUT2D eigenvalue weighted by Gasteiger charge is -2.21. The maximum atomic E-state index is 12.2. The molecule has 0 aromatic heterocycles. The molecule has 1 unspecified atom stereocenters. The number of hydrogen-bond acceptors (Lipinski definition) is 4. The Balaban J connectivity index is 1.45. The van der Waals surface area contributed by atoms with E-state index in [0.717, 1.165) is 56.8 Å². The number of ether oxygens (including phenoxy) is 1. The van der Waals surface area contributed by atoms with Gasteiger partial charge in [0.2, 0.25) is 5.91 Å². The van der Waals surface area contributed by atoms with E-state index in [1.165, 1.54) is 0 Å². The third-order valence-electron chi connectivity index (χ3n) is 5.47. The van der Waals surface area contributed by atoms with E-state index in [1.807, 2.05) is 18.2 Å². The van der Waals surface area contributed by atoms with Gasteiger partial charge in [-0.3, -0.25) is 4.79 Å². The molecule has 0 bridgehead atoms. The molecule has 0 radical (unpaired) electrons. The van der Waals surface area contributed by atoms with Crippen molar-refractivity contribution < 1.29 is 9.53 Å². The zero-order chi connectivity index (χ0) is 16.9. The summed E-state index contributed by atoms with van der Waals surface area (Å²) >= 11 is 0. The minimum absolute atomic E-state index is 0.160. The maximum Gasteiger partial charge on any atom is 0.220 e. The van der Waals surface area contributed by atoms with Gasteiger partial charge in [-0.25, -0.2) is 0 Å². The number of carbonyl (C=O) groups excluding carboxylic acids is 1. The molecule has 24 heavy (non-hydrogen) atoms. The molecule has 1 aromatic carbocycles. The number of nitrogens with two attached hydrogens (primary N) is 1. The highest BCUT2D eigenvalue weighted by Crippen LogP contribution is 2.32. The van der Waals surface area contributed by atoms with Crippen LogP contribution in [0.5, 0.6) is 5.75 Å². The minimum Gasteiger partial charge on any atom is -0.495 e. The van der Waals surface area contributed by atoms with Crippen molar-refractivity contribution in [2.75, 3.05) is 31.6 Å². The Morgan fingerprint density at radius 3 is 2.92 bits per heavy atom. The number of para-hydroxylation sites is 2. The van der Waals surface area contributed by atoms with Crippen LogP contribution in [0.25, 0.3) is 0 Å². The molecule has 1 saturated heterocycles. The lowest BCUT2D eigenvalue weighted by Crippen LogP contribution is -2.34. The lowest BCUT2D eigenvalue weighted by molar-refractivity contribution is -0.122. The van der Waals surface area contributed by atoms with E-state index in [9.17, 15) is 4.79 Å². The first-order valence-corrected chi connectivity index (χ1v) is 9.07. The third-order valence-corrected chi connectivity index (χ3v) is 5.47. The summed E-state index contributed by atoms with van der Waals surface area (Å²) in [6.07, 6.45) is 5.01. The summed E-state index contributed by atoms with van der Waals surface area (Å²) in [7, 11) is 1.71. The highest BCUT2D eigenvalue weighted by molar-refractivity contribution is 5.76. The molecular weight excluding hydrogens is 302 g/mol. The summed E-state index contributed by atoms with van der Waals surface area (Å²) < 4.78 is 5.45. The number of hydrogen-bond donors (Lipinski definition) is 2. The van der Waals surface area contributed by atoms with E-state index in [2.05, 4.69) is 16.3 Å². The van der Waals surface area contributed by atoms with Crippen LogP contribution in [-0.2, 0) is 4.79 Å². The number of methoxy groups -OCH3 is 1. The van der Waals surface area contributed by atoms with Crippen molar-refractivity contribution in [1.29, 1.82) is 0 Å². The van der Waals surface area contributed by atoms with Gasteiger partial charge in [0.25, 0.3) is 0 Å². The Morgan fingerprint density at radius 1 is 1.33 bits per heavy atom. The van der Waals surface area contributed by atoms with Crippen molar-refractivity contribution in [1.82, 2.24) is 5.32 Å². The molecule has 2 aliphatic rings. The summed E-state index contributed by atoms with van der Waals surface area (Å²) in [5, 5.41) is 3.12. The number of anilines is 1. The second kappa shape index (κ2) is 7.88. The number of benzene rings is 1. The number of rotatable bonds is 6. The van der Waals surface area contributed by atoms with Crippen LogP contribution in [0, 0.1) is 11.8 Å². The Bertz CT molecular complexity index is 563. The maximum absolute atomic E-state index is 12.2.